The van der Waals surface area contributed by atoms with Gasteiger partial charge >= 0.3 is 0 Å². The van der Waals surface area contributed by atoms with Gasteiger partial charge in [0.05, 0.1) is 0 Å². The lowest BCUT2D eigenvalue weighted by molar-refractivity contribution is 0.598. The summed E-state index contributed by atoms with van der Waals surface area (Å²) in [7, 11) is 0. The molecular weight excluding hydrogens is 356 g/mol. The van der Waals surface area contributed by atoms with E-state index in [1.165, 1.54) is 5.56 Å². The molecule has 0 spiro atoms. The lowest BCUT2D eigenvalue weighted by Crippen LogP contribution is -1.81. The number of furan rings is 2. The standard InChI is InChI=1S/C27H22O2/c1-5-7-20-23-15-18(11-13-25(23)28-26(20)16(2)3)19-8-6-9-21-22-14-17(4)10-12-24(22)29-27(19)21/h5-15H,2H2,1,3-4H3/b7-5-. The number of benzene rings is 3. The van der Waals surface area contributed by atoms with E-state index in [0.29, 0.717) is 0 Å². The van der Waals surface area contributed by atoms with Crippen molar-refractivity contribution in [1.29, 1.82) is 0 Å². The average Bonchev–Trinajstić information content (AvgIpc) is 3.26. The third-order valence-electron chi connectivity index (χ3n) is 5.41. The number of hydrogen-bond acceptors (Lipinski definition) is 2. The van der Waals surface area contributed by atoms with Crippen molar-refractivity contribution < 1.29 is 8.83 Å². The molecule has 0 aliphatic heterocycles. The molecule has 0 fully saturated rings. The zero-order valence-corrected chi connectivity index (χ0v) is 16.9. The number of allylic oxidation sites excluding steroid dienone is 2. The fraction of sp³-hybridized carbons (Fsp3) is 0.111. The largest absolute Gasteiger partial charge is 0.456 e. The van der Waals surface area contributed by atoms with Gasteiger partial charge in [0, 0.05) is 27.3 Å². The molecule has 0 amide bonds. The lowest BCUT2D eigenvalue weighted by atomic mass is 9.99. The molecule has 0 aliphatic rings. The van der Waals surface area contributed by atoms with Gasteiger partial charge in [0.25, 0.3) is 0 Å². The van der Waals surface area contributed by atoms with Crippen LogP contribution in [0.15, 0.2) is 76.1 Å². The summed E-state index contributed by atoms with van der Waals surface area (Å²) in [6.07, 6.45) is 4.12. The maximum absolute atomic E-state index is 6.27. The fourth-order valence-corrected chi connectivity index (χ4v) is 4.07. The molecule has 2 aromatic heterocycles. The number of aryl methyl sites for hydroxylation is 1. The van der Waals surface area contributed by atoms with E-state index in [0.717, 1.165) is 60.9 Å². The molecule has 5 aromatic rings. The van der Waals surface area contributed by atoms with Crippen LogP contribution in [0.4, 0.5) is 0 Å². The molecule has 5 rings (SSSR count). The Morgan fingerprint density at radius 2 is 1.69 bits per heavy atom. The Hall–Kier alpha value is -3.52. The third-order valence-corrected chi connectivity index (χ3v) is 5.41. The highest BCUT2D eigenvalue weighted by Gasteiger charge is 2.16. The van der Waals surface area contributed by atoms with E-state index in [9.17, 15) is 0 Å². The first-order valence-electron chi connectivity index (χ1n) is 9.84. The van der Waals surface area contributed by atoms with E-state index in [2.05, 4.69) is 68.1 Å². The number of fused-ring (bicyclic) bond motifs is 4. The molecule has 3 aromatic carbocycles. The summed E-state index contributed by atoms with van der Waals surface area (Å²) in [6.45, 7) is 10.2. The molecule has 29 heavy (non-hydrogen) atoms. The number of rotatable bonds is 3. The second kappa shape index (κ2) is 6.52. The molecule has 0 bridgehead atoms. The van der Waals surface area contributed by atoms with Crippen LogP contribution < -0.4 is 0 Å². The summed E-state index contributed by atoms with van der Waals surface area (Å²) in [5.41, 5.74) is 8.13. The first-order chi connectivity index (χ1) is 14.1. The first-order valence-corrected chi connectivity index (χ1v) is 9.84. The molecule has 2 heteroatoms. The van der Waals surface area contributed by atoms with E-state index < -0.39 is 0 Å². The minimum Gasteiger partial charge on any atom is -0.456 e. The van der Waals surface area contributed by atoms with Crippen LogP contribution >= 0.6 is 0 Å². The van der Waals surface area contributed by atoms with E-state index in [1.54, 1.807) is 0 Å². The van der Waals surface area contributed by atoms with Crippen molar-refractivity contribution >= 4 is 44.6 Å². The van der Waals surface area contributed by atoms with E-state index in [4.69, 9.17) is 8.83 Å². The second-order valence-electron chi connectivity index (χ2n) is 7.62. The van der Waals surface area contributed by atoms with Gasteiger partial charge in [-0.2, -0.15) is 0 Å². The van der Waals surface area contributed by atoms with Crippen molar-refractivity contribution in [2.24, 2.45) is 0 Å². The van der Waals surface area contributed by atoms with Gasteiger partial charge in [0.15, 0.2) is 0 Å². The highest BCUT2D eigenvalue weighted by molar-refractivity contribution is 6.10. The Balaban J connectivity index is 1.79. The Morgan fingerprint density at radius 3 is 2.48 bits per heavy atom. The summed E-state index contributed by atoms with van der Waals surface area (Å²) in [4.78, 5) is 0. The Morgan fingerprint density at radius 1 is 0.897 bits per heavy atom. The van der Waals surface area contributed by atoms with E-state index >= 15 is 0 Å². The third kappa shape index (κ3) is 2.72. The molecule has 142 valence electrons. The van der Waals surface area contributed by atoms with Crippen LogP contribution in [-0.4, -0.2) is 0 Å². The highest BCUT2D eigenvalue weighted by Crippen LogP contribution is 2.39. The molecule has 0 saturated carbocycles. The molecule has 0 unspecified atom stereocenters. The van der Waals surface area contributed by atoms with Gasteiger partial charge in [-0.25, -0.2) is 0 Å². The van der Waals surface area contributed by atoms with Crippen molar-refractivity contribution in [3.63, 3.8) is 0 Å². The Bertz CT molecular complexity index is 1440. The fourth-order valence-electron chi connectivity index (χ4n) is 4.07. The molecule has 2 heterocycles. The zero-order chi connectivity index (χ0) is 20.1. The van der Waals surface area contributed by atoms with Crippen molar-refractivity contribution in [2.45, 2.75) is 20.8 Å². The molecule has 0 N–H and O–H groups in total. The van der Waals surface area contributed by atoms with Crippen molar-refractivity contribution in [3.8, 4) is 11.1 Å². The average molecular weight is 378 g/mol. The first kappa shape index (κ1) is 17.6. The minimum atomic E-state index is 0.840. The Kier molecular flexibility index (Phi) is 3.95. The van der Waals surface area contributed by atoms with Crippen molar-refractivity contribution in [3.05, 3.63) is 84.1 Å². The molecular formula is C27H22O2. The smallest absolute Gasteiger partial charge is 0.143 e. The highest BCUT2D eigenvalue weighted by atomic mass is 16.3. The maximum atomic E-state index is 6.27. The summed E-state index contributed by atoms with van der Waals surface area (Å²) >= 11 is 0. The Labute approximate surface area is 169 Å². The summed E-state index contributed by atoms with van der Waals surface area (Å²) < 4.78 is 12.4. The molecule has 0 aliphatic carbocycles. The van der Waals surface area contributed by atoms with Gasteiger partial charge in [-0.15, -0.1) is 0 Å². The number of para-hydroxylation sites is 1. The van der Waals surface area contributed by atoms with Gasteiger partial charge in [-0.1, -0.05) is 54.6 Å². The van der Waals surface area contributed by atoms with Crippen molar-refractivity contribution in [2.75, 3.05) is 0 Å². The second-order valence-corrected chi connectivity index (χ2v) is 7.62. The van der Waals surface area contributed by atoms with Crippen LogP contribution in [0, 0.1) is 6.92 Å². The molecule has 0 radical (unpaired) electrons. The molecule has 0 atom stereocenters. The summed E-state index contributed by atoms with van der Waals surface area (Å²) in [6, 6.07) is 19.0. The summed E-state index contributed by atoms with van der Waals surface area (Å²) in [5, 5.41) is 3.39. The zero-order valence-electron chi connectivity index (χ0n) is 16.9. The van der Waals surface area contributed by atoms with Crippen LogP contribution in [0.25, 0.3) is 55.7 Å². The normalized spacial score (nSPS) is 12.0. The van der Waals surface area contributed by atoms with Crippen LogP contribution in [0.3, 0.4) is 0 Å². The predicted octanol–water partition coefficient (Wildman–Crippen LogP) is 8.37. The monoisotopic (exact) mass is 378 g/mol. The SMILES string of the molecule is C=C(C)c1oc2ccc(-c3cccc4c3oc3ccc(C)cc34)cc2c1/C=C\C. The van der Waals surface area contributed by atoms with E-state index in [1.807, 2.05) is 26.0 Å². The number of hydrogen-bond donors (Lipinski definition) is 0. The lowest BCUT2D eigenvalue weighted by Gasteiger charge is -2.03. The summed E-state index contributed by atoms with van der Waals surface area (Å²) in [5.74, 6) is 0.840. The topological polar surface area (TPSA) is 26.3 Å². The van der Waals surface area contributed by atoms with Crippen LogP contribution in [0.5, 0.6) is 0 Å². The van der Waals surface area contributed by atoms with Gasteiger partial charge in [-0.05, 0) is 56.2 Å². The van der Waals surface area contributed by atoms with Gasteiger partial charge in [0.2, 0.25) is 0 Å². The van der Waals surface area contributed by atoms with Crippen molar-refractivity contribution in [1.82, 2.24) is 0 Å². The van der Waals surface area contributed by atoms with Crippen LogP contribution in [-0.2, 0) is 0 Å². The van der Waals surface area contributed by atoms with E-state index in [-0.39, 0.29) is 0 Å². The predicted molar refractivity (Wildman–Crippen MR) is 123 cm³/mol. The van der Waals surface area contributed by atoms with Crippen LogP contribution in [0.2, 0.25) is 0 Å². The quantitative estimate of drug-likeness (QED) is 0.315. The maximum Gasteiger partial charge on any atom is 0.143 e. The van der Waals surface area contributed by atoms with Gasteiger partial charge in [-0.3, -0.25) is 0 Å². The van der Waals surface area contributed by atoms with Gasteiger partial charge < -0.3 is 8.83 Å². The molecule has 2 nitrogen and oxygen atoms in total. The molecule has 0 saturated heterocycles. The van der Waals surface area contributed by atoms with Gasteiger partial charge in [0.1, 0.15) is 22.5 Å². The minimum absolute atomic E-state index is 0.840. The van der Waals surface area contributed by atoms with Crippen LogP contribution in [0.1, 0.15) is 30.7 Å².